The molecule has 160 valence electrons. The van der Waals surface area contributed by atoms with Gasteiger partial charge in [-0.2, -0.15) is 17.5 Å². The number of alkyl halides is 3. The number of urea groups is 1. The van der Waals surface area contributed by atoms with Crippen molar-refractivity contribution in [2.45, 2.75) is 37.4 Å². The molecule has 2 amide bonds. The van der Waals surface area contributed by atoms with Crippen LogP contribution in [-0.2, 0) is 10.0 Å². The van der Waals surface area contributed by atoms with Gasteiger partial charge in [-0.25, -0.2) is 13.2 Å². The minimum Gasteiger partial charge on any atom is -0.338 e. The molecule has 1 rings (SSSR count). The number of hydrogen-bond donors (Lipinski definition) is 2. The molecule has 2 N–H and O–H groups in total. The summed E-state index contributed by atoms with van der Waals surface area (Å²) in [5.41, 5.74) is 0.401. The van der Waals surface area contributed by atoms with Crippen molar-refractivity contribution in [3.05, 3.63) is 24.3 Å². The van der Waals surface area contributed by atoms with Crippen LogP contribution in [0.3, 0.4) is 0 Å². The van der Waals surface area contributed by atoms with E-state index in [9.17, 15) is 26.4 Å². The Morgan fingerprint density at radius 1 is 1.14 bits per heavy atom. The predicted octanol–water partition coefficient (Wildman–Crippen LogP) is 2.72. The number of benzene rings is 1. The Morgan fingerprint density at radius 3 is 2.21 bits per heavy atom. The monoisotopic (exact) mass is 424 g/mol. The van der Waals surface area contributed by atoms with Gasteiger partial charge in [0.05, 0.1) is 11.4 Å². The predicted molar refractivity (Wildman–Crippen MR) is 102 cm³/mol. The molecule has 0 heterocycles. The lowest BCUT2D eigenvalue weighted by molar-refractivity contribution is -0.143. The maximum atomic E-state index is 12.4. The summed E-state index contributed by atoms with van der Waals surface area (Å²) >= 11 is 0. The number of halogens is 3. The Hall–Kier alpha value is -1.85. The van der Waals surface area contributed by atoms with Crippen LogP contribution in [0.15, 0.2) is 29.2 Å². The molecule has 0 atom stereocenters. The summed E-state index contributed by atoms with van der Waals surface area (Å²) in [5, 5.41) is 5.09. The third-order valence-corrected chi connectivity index (χ3v) is 6.02. The molecule has 0 aromatic heterocycles. The summed E-state index contributed by atoms with van der Waals surface area (Å²) in [6.07, 6.45) is -3.89. The Balaban J connectivity index is 2.47. The van der Waals surface area contributed by atoms with Gasteiger partial charge in [0.2, 0.25) is 10.0 Å². The average molecular weight is 424 g/mol. The zero-order valence-electron chi connectivity index (χ0n) is 16.4. The number of amides is 2. The van der Waals surface area contributed by atoms with E-state index in [0.29, 0.717) is 12.1 Å². The van der Waals surface area contributed by atoms with Crippen molar-refractivity contribution >= 4 is 21.7 Å². The molecule has 1 aromatic carbocycles. The molecule has 0 unspecified atom stereocenters. The van der Waals surface area contributed by atoms with Crippen LogP contribution >= 0.6 is 0 Å². The van der Waals surface area contributed by atoms with E-state index in [4.69, 9.17) is 0 Å². The lowest BCUT2D eigenvalue weighted by Gasteiger charge is -2.21. The highest BCUT2D eigenvalue weighted by Gasteiger charge is 2.28. The van der Waals surface area contributed by atoms with E-state index in [0.717, 1.165) is 4.90 Å². The van der Waals surface area contributed by atoms with E-state index in [-0.39, 0.29) is 24.0 Å². The van der Waals surface area contributed by atoms with Gasteiger partial charge in [0, 0.05) is 25.3 Å². The van der Waals surface area contributed by atoms with Crippen LogP contribution in [0, 0.1) is 0 Å². The minimum atomic E-state index is -4.25. The number of hydrogen-bond acceptors (Lipinski definition) is 4. The van der Waals surface area contributed by atoms with Gasteiger partial charge in [-0.3, -0.25) is 4.90 Å². The molecule has 0 fully saturated rings. The van der Waals surface area contributed by atoms with Gasteiger partial charge >= 0.3 is 12.2 Å². The Morgan fingerprint density at radius 2 is 1.71 bits per heavy atom. The van der Waals surface area contributed by atoms with Gasteiger partial charge in [0.25, 0.3) is 0 Å². The molecule has 0 bridgehead atoms. The van der Waals surface area contributed by atoms with E-state index in [1.54, 1.807) is 13.8 Å². The molecular formula is C17H27F3N4O3S. The zero-order valence-corrected chi connectivity index (χ0v) is 17.2. The first-order valence-corrected chi connectivity index (χ1v) is 10.1. The van der Waals surface area contributed by atoms with Gasteiger partial charge in [-0.1, -0.05) is 0 Å². The van der Waals surface area contributed by atoms with Crippen molar-refractivity contribution in [1.82, 2.24) is 14.5 Å². The topological polar surface area (TPSA) is 81.8 Å². The fourth-order valence-electron chi connectivity index (χ4n) is 2.27. The Bertz CT molecular complexity index is 737. The minimum absolute atomic E-state index is 0.113. The van der Waals surface area contributed by atoms with Gasteiger partial charge in [0.1, 0.15) is 0 Å². The molecule has 28 heavy (non-hydrogen) atoms. The molecule has 11 heteroatoms. The number of carbonyl (C=O) groups excluding carboxylic acids is 1. The van der Waals surface area contributed by atoms with Gasteiger partial charge in [-0.15, -0.1) is 0 Å². The molecule has 0 saturated carbocycles. The maximum absolute atomic E-state index is 12.4. The van der Waals surface area contributed by atoms with E-state index in [1.807, 2.05) is 0 Å². The molecule has 0 radical (unpaired) electrons. The maximum Gasteiger partial charge on any atom is 0.401 e. The van der Waals surface area contributed by atoms with Gasteiger partial charge in [-0.05, 0) is 58.1 Å². The quantitative estimate of drug-likeness (QED) is 0.598. The fraction of sp³-hybridized carbons (Fsp3) is 0.588. The van der Waals surface area contributed by atoms with Crippen molar-refractivity contribution in [1.29, 1.82) is 0 Å². The van der Waals surface area contributed by atoms with E-state index in [1.165, 1.54) is 42.7 Å². The van der Waals surface area contributed by atoms with Crippen molar-refractivity contribution in [3.63, 3.8) is 0 Å². The summed E-state index contributed by atoms with van der Waals surface area (Å²) in [6, 6.07) is 5.03. The average Bonchev–Trinajstić information content (AvgIpc) is 2.57. The molecule has 7 nitrogen and oxygen atoms in total. The number of nitrogens with one attached hydrogen (secondary N) is 2. The van der Waals surface area contributed by atoms with Crippen molar-refractivity contribution in [2.75, 3.05) is 39.0 Å². The van der Waals surface area contributed by atoms with E-state index in [2.05, 4.69) is 10.6 Å². The molecule has 0 aliphatic rings. The SMILES string of the molecule is CC(C)N(C)S(=O)(=O)c1ccc(NC(=O)NCCCN(C)CC(F)(F)F)cc1. The first-order valence-electron chi connectivity index (χ1n) is 8.71. The van der Waals surface area contributed by atoms with E-state index >= 15 is 0 Å². The molecular weight excluding hydrogens is 397 g/mol. The molecule has 0 aliphatic carbocycles. The van der Waals surface area contributed by atoms with Gasteiger partial charge < -0.3 is 10.6 Å². The summed E-state index contributed by atoms with van der Waals surface area (Å²) in [5.74, 6) is 0. The number of sulfonamides is 1. The molecule has 0 spiro atoms. The fourth-order valence-corrected chi connectivity index (χ4v) is 3.63. The Kier molecular flexibility index (Phi) is 8.71. The third-order valence-electron chi connectivity index (χ3n) is 3.97. The lowest BCUT2D eigenvalue weighted by atomic mass is 10.3. The van der Waals surface area contributed by atoms with Crippen molar-refractivity contribution in [2.24, 2.45) is 0 Å². The molecule has 0 aliphatic heterocycles. The second kappa shape index (κ2) is 10.1. The highest BCUT2D eigenvalue weighted by atomic mass is 32.2. The third kappa shape index (κ3) is 8.03. The van der Waals surface area contributed by atoms with Crippen LogP contribution in [0.25, 0.3) is 0 Å². The van der Waals surface area contributed by atoms with Crippen molar-refractivity contribution < 1.29 is 26.4 Å². The Labute approximate surface area is 163 Å². The summed E-state index contributed by atoms with van der Waals surface area (Å²) < 4.78 is 62.6. The normalized spacial score (nSPS) is 12.6. The number of anilines is 1. The largest absolute Gasteiger partial charge is 0.401 e. The highest BCUT2D eigenvalue weighted by Crippen LogP contribution is 2.19. The van der Waals surface area contributed by atoms with Gasteiger partial charge in [0.15, 0.2) is 0 Å². The van der Waals surface area contributed by atoms with Crippen LogP contribution in [0.5, 0.6) is 0 Å². The smallest absolute Gasteiger partial charge is 0.338 e. The first kappa shape index (κ1) is 24.2. The summed E-state index contributed by atoms with van der Waals surface area (Å²) in [7, 11) is -0.749. The second-order valence-electron chi connectivity index (χ2n) is 6.73. The molecule has 1 aromatic rings. The standard InChI is InChI=1S/C17H27F3N4O3S/c1-13(2)24(4)28(26,27)15-8-6-14(7-9-15)22-16(25)21-10-5-11-23(3)12-17(18,19)20/h6-9,13H,5,10-12H2,1-4H3,(H2,21,22,25). The molecule has 0 saturated heterocycles. The summed E-state index contributed by atoms with van der Waals surface area (Å²) in [4.78, 5) is 13.1. The van der Waals surface area contributed by atoms with Crippen LogP contribution in [-0.4, -0.2) is 69.6 Å². The highest BCUT2D eigenvalue weighted by molar-refractivity contribution is 7.89. The lowest BCUT2D eigenvalue weighted by Crippen LogP contribution is -2.35. The van der Waals surface area contributed by atoms with Crippen LogP contribution in [0.4, 0.5) is 23.7 Å². The zero-order chi connectivity index (χ0) is 21.5. The van der Waals surface area contributed by atoms with Crippen molar-refractivity contribution in [3.8, 4) is 0 Å². The number of rotatable bonds is 9. The first-order chi connectivity index (χ1) is 12.8. The van der Waals surface area contributed by atoms with Crippen LogP contribution < -0.4 is 10.6 Å². The number of carbonyl (C=O) groups is 1. The van der Waals surface area contributed by atoms with Crippen LogP contribution in [0.2, 0.25) is 0 Å². The number of nitrogens with zero attached hydrogens (tertiary/aromatic N) is 2. The summed E-state index contributed by atoms with van der Waals surface area (Å²) in [6.45, 7) is 2.92. The van der Waals surface area contributed by atoms with E-state index < -0.39 is 28.8 Å². The second-order valence-corrected chi connectivity index (χ2v) is 8.72. The van der Waals surface area contributed by atoms with Crippen LogP contribution in [0.1, 0.15) is 20.3 Å².